The van der Waals surface area contributed by atoms with Crippen LogP contribution in [-0.2, 0) is 16.4 Å². The highest BCUT2D eigenvalue weighted by molar-refractivity contribution is 7.90. The highest BCUT2D eigenvalue weighted by Gasteiger charge is 2.25. The molecule has 0 unspecified atom stereocenters. The molecule has 24 heavy (non-hydrogen) atoms. The summed E-state index contributed by atoms with van der Waals surface area (Å²) in [4.78, 5) is 2.66. The maximum Gasteiger partial charge on any atom is 0.175 e. The minimum Gasteiger partial charge on any atom is -0.351 e. The molecule has 0 bridgehead atoms. The van der Waals surface area contributed by atoms with E-state index in [9.17, 15) is 8.42 Å². The van der Waals surface area contributed by atoms with E-state index >= 15 is 0 Å². The summed E-state index contributed by atoms with van der Waals surface area (Å²) in [6.07, 6.45) is 5.21. The average molecular weight is 346 g/mol. The Balaban J connectivity index is 1.54. The molecule has 7 heteroatoms. The summed E-state index contributed by atoms with van der Waals surface area (Å²) in [5, 5.41) is 11.6. The van der Waals surface area contributed by atoms with Crippen molar-refractivity contribution in [3.63, 3.8) is 0 Å². The lowest BCUT2D eigenvalue weighted by molar-refractivity contribution is 0.569. The van der Waals surface area contributed by atoms with E-state index in [0.717, 1.165) is 43.9 Å². The van der Waals surface area contributed by atoms with Gasteiger partial charge >= 0.3 is 0 Å². The smallest absolute Gasteiger partial charge is 0.175 e. The summed E-state index contributed by atoms with van der Waals surface area (Å²) in [6.45, 7) is 2.59. The quantitative estimate of drug-likeness (QED) is 0.857. The minimum atomic E-state index is -3.13. The summed E-state index contributed by atoms with van der Waals surface area (Å²) in [6, 6.07) is 11.4. The van der Waals surface area contributed by atoms with Crippen molar-refractivity contribution in [3.05, 3.63) is 48.2 Å². The molecule has 2 heterocycles. The lowest BCUT2D eigenvalue weighted by Crippen LogP contribution is -2.38. The zero-order chi connectivity index (χ0) is 17.0. The van der Waals surface area contributed by atoms with Crippen LogP contribution >= 0.6 is 0 Å². The molecule has 1 saturated heterocycles. The number of nitrogens with zero attached hydrogens (tertiary/aromatic N) is 3. The lowest BCUT2D eigenvalue weighted by Gasteiger charge is -2.25. The third-order valence-corrected chi connectivity index (χ3v) is 5.42. The van der Waals surface area contributed by atoms with E-state index in [-0.39, 0.29) is 0 Å². The number of sulfone groups is 1. The molecule has 2 aromatic rings. The van der Waals surface area contributed by atoms with Gasteiger partial charge in [0.2, 0.25) is 0 Å². The number of rotatable bonds is 6. The fraction of sp³-hybridized carbons (Fsp3) is 0.412. The second-order valence-corrected chi connectivity index (χ2v) is 8.13. The molecule has 1 aliphatic rings. The fourth-order valence-corrected chi connectivity index (χ4v) is 3.66. The lowest BCUT2D eigenvalue weighted by atomic mass is 10.2. The highest BCUT2D eigenvalue weighted by Crippen LogP contribution is 2.22. The number of nitrogens with one attached hydrogen (secondary N) is 1. The van der Waals surface area contributed by atoms with E-state index in [1.807, 2.05) is 24.3 Å². The first-order chi connectivity index (χ1) is 11.5. The third-order valence-electron chi connectivity index (χ3n) is 4.29. The zero-order valence-electron chi connectivity index (χ0n) is 13.7. The van der Waals surface area contributed by atoms with Gasteiger partial charge in [-0.1, -0.05) is 12.1 Å². The molecule has 0 radical (unpaired) electrons. The number of benzene rings is 1. The Hall–Kier alpha value is -1.99. The van der Waals surface area contributed by atoms with Gasteiger partial charge in [0.25, 0.3) is 0 Å². The van der Waals surface area contributed by atoms with Gasteiger partial charge in [-0.25, -0.2) is 8.42 Å². The third kappa shape index (κ3) is 4.10. The Labute approximate surface area is 142 Å². The highest BCUT2D eigenvalue weighted by atomic mass is 32.2. The number of hydrogen-bond donors (Lipinski definition) is 1. The second-order valence-electron chi connectivity index (χ2n) is 6.12. The van der Waals surface area contributed by atoms with Crippen LogP contribution in [0.3, 0.4) is 0 Å². The first-order valence-electron chi connectivity index (χ1n) is 8.08. The van der Waals surface area contributed by atoms with E-state index < -0.39 is 9.84 Å². The molecule has 1 aliphatic heterocycles. The van der Waals surface area contributed by atoms with Crippen LogP contribution in [0.25, 0.3) is 0 Å². The average Bonchev–Trinajstić information content (AvgIpc) is 3.04. The van der Waals surface area contributed by atoms with Gasteiger partial charge < -0.3 is 10.2 Å². The molecule has 0 spiro atoms. The first kappa shape index (κ1) is 16.9. The molecule has 1 N–H and O–H groups in total. The molecule has 6 nitrogen and oxygen atoms in total. The number of hydrogen-bond acceptors (Lipinski definition) is 6. The van der Waals surface area contributed by atoms with Crippen LogP contribution in [0.5, 0.6) is 0 Å². The van der Waals surface area contributed by atoms with Crippen LogP contribution < -0.4 is 10.2 Å². The Morgan fingerprint density at radius 2 is 2.04 bits per heavy atom. The second kappa shape index (κ2) is 7.27. The summed E-state index contributed by atoms with van der Waals surface area (Å²) in [7, 11) is -3.13. The predicted octanol–water partition coefficient (Wildman–Crippen LogP) is 1.64. The van der Waals surface area contributed by atoms with Gasteiger partial charge in [0.05, 0.1) is 4.90 Å². The number of aromatic nitrogens is 2. The first-order valence-corrected chi connectivity index (χ1v) is 9.97. The van der Waals surface area contributed by atoms with Gasteiger partial charge in [-0.3, -0.25) is 0 Å². The summed E-state index contributed by atoms with van der Waals surface area (Å²) in [5.74, 6) is 0.930. The van der Waals surface area contributed by atoms with Crippen LogP contribution in [0, 0.1) is 0 Å². The van der Waals surface area contributed by atoms with E-state index in [2.05, 4.69) is 20.4 Å². The van der Waals surface area contributed by atoms with Crippen LogP contribution in [0.4, 0.5) is 5.82 Å². The van der Waals surface area contributed by atoms with Gasteiger partial charge in [0.1, 0.15) is 0 Å². The van der Waals surface area contributed by atoms with Gasteiger partial charge in [-0.2, -0.15) is 5.10 Å². The normalized spacial score (nSPS) is 18.0. The van der Waals surface area contributed by atoms with Crippen molar-refractivity contribution in [2.75, 3.05) is 24.2 Å². The molecular formula is C17H22N4O2S. The summed E-state index contributed by atoms with van der Waals surface area (Å²) in [5.41, 5.74) is 1.08. The van der Waals surface area contributed by atoms with Crippen molar-refractivity contribution < 1.29 is 8.42 Å². The maximum atomic E-state index is 11.5. The SMILES string of the molecule is CS(=O)(=O)c1ccc(CNC[C@@H]2CCCN2c2cccnn2)cc1. The van der Waals surface area contributed by atoms with Gasteiger partial charge in [-0.05, 0) is 42.7 Å². The molecule has 1 fully saturated rings. The van der Waals surface area contributed by atoms with Crippen LogP contribution in [0.1, 0.15) is 18.4 Å². The predicted molar refractivity (Wildman–Crippen MR) is 93.7 cm³/mol. The largest absolute Gasteiger partial charge is 0.351 e. The van der Waals surface area contributed by atoms with Crippen molar-refractivity contribution in [2.45, 2.75) is 30.3 Å². The van der Waals surface area contributed by atoms with Crippen LogP contribution in [-0.4, -0.2) is 44.0 Å². The van der Waals surface area contributed by atoms with Crippen molar-refractivity contribution in [1.29, 1.82) is 0 Å². The number of anilines is 1. The Morgan fingerprint density at radius 1 is 1.25 bits per heavy atom. The molecule has 1 atom stereocenters. The minimum absolute atomic E-state index is 0.357. The van der Waals surface area contributed by atoms with Gasteiger partial charge in [0.15, 0.2) is 15.7 Å². The Kier molecular flexibility index (Phi) is 5.11. The molecule has 1 aromatic heterocycles. The topological polar surface area (TPSA) is 75.2 Å². The van der Waals surface area contributed by atoms with E-state index in [4.69, 9.17) is 0 Å². The Bertz CT molecular complexity index is 763. The van der Waals surface area contributed by atoms with E-state index in [1.165, 1.54) is 6.26 Å². The van der Waals surface area contributed by atoms with Crippen LogP contribution in [0.15, 0.2) is 47.5 Å². The summed E-state index contributed by atoms with van der Waals surface area (Å²) >= 11 is 0. The molecular weight excluding hydrogens is 324 g/mol. The zero-order valence-corrected chi connectivity index (χ0v) is 14.5. The molecule has 128 valence electrons. The molecule has 0 amide bonds. The van der Waals surface area contributed by atoms with Crippen molar-refractivity contribution >= 4 is 15.7 Å². The molecule has 0 saturated carbocycles. The van der Waals surface area contributed by atoms with Crippen LogP contribution in [0.2, 0.25) is 0 Å². The summed E-state index contributed by atoms with van der Waals surface area (Å²) < 4.78 is 22.9. The fourth-order valence-electron chi connectivity index (χ4n) is 3.03. The maximum absolute atomic E-state index is 11.5. The monoisotopic (exact) mass is 346 g/mol. The van der Waals surface area contributed by atoms with Crippen molar-refractivity contribution in [1.82, 2.24) is 15.5 Å². The van der Waals surface area contributed by atoms with Crippen molar-refractivity contribution in [3.8, 4) is 0 Å². The van der Waals surface area contributed by atoms with E-state index in [1.54, 1.807) is 18.3 Å². The molecule has 1 aromatic carbocycles. The molecule has 0 aliphatic carbocycles. The standard InChI is InChI=1S/C17H22N4O2S/c1-24(22,23)16-8-6-14(7-9-16)12-18-13-15-4-3-11-21(15)17-5-2-10-19-20-17/h2,5-10,15,18H,3-4,11-13H2,1H3/t15-/m0/s1. The van der Waals surface area contributed by atoms with Crippen molar-refractivity contribution in [2.24, 2.45) is 0 Å². The van der Waals surface area contributed by atoms with E-state index in [0.29, 0.717) is 10.9 Å². The Morgan fingerprint density at radius 3 is 2.71 bits per heavy atom. The van der Waals surface area contributed by atoms with Gasteiger partial charge in [0, 0.05) is 38.1 Å². The molecule has 3 rings (SSSR count). The van der Waals surface area contributed by atoms with Gasteiger partial charge in [-0.15, -0.1) is 5.10 Å².